The quantitative estimate of drug-likeness (QED) is 0.428. The number of benzene rings is 3. The van der Waals surface area contributed by atoms with Gasteiger partial charge in [0.1, 0.15) is 0 Å². The summed E-state index contributed by atoms with van der Waals surface area (Å²) in [6.07, 6.45) is 2.13. The molecule has 4 heteroatoms. The van der Waals surface area contributed by atoms with Crippen LogP contribution in [0.2, 0.25) is 0 Å². The minimum atomic E-state index is -0.209. The van der Waals surface area contributed by atoms with Gasteiger partial charge in [0.25, 0.3) is 0 Å². The molecular weight excluding hydrogens is 372 g/mol. The molecule has 0 atom stereocenters. The van der Waals surface area contributed by atoms with Crippen LogP contribution in [-0.4, -0.2) is 11.6 Å². The van der Waals surface area contributed by atoms with Crippen molar-refractivity contribution in [2.45, 2.75) is 33.6 Å². The standard InChI is InChI=1S/C26H26N2O2/c1-26(2,3)15-14-16-8-10-17(11-9-16)28-21-13-12-20(27)22-23(21)25(30)19-7-5-4-6-18(19)24(22)29/h4-13,28H,14-15,27H2,1-3H3. The van der Waals surface area contributed by atoms with Gasteiger partial charge in [-0.3, -0.25) is 9.59 Å². The Bertz CT molecular complexity index is 1140. The highest BCUT2D eigenvalue weighted by atomic mass is 16.1. The van der Waals surface area contributed by atoms with E-state index >= 15 is 0 Å². The molecule has 1 aliphatic rings. The second-order valence-corrected chi connectivity index (χ2v) is 9.04. The molecule has 0 aliphatic heterocycles. The molecule has 1 aliphatic carbocycles. The number of fused-ring (bicyclic) bond motifs is 2. The third-order valence-corrected chi connectivity index (χ3v) is 5.50. The fourth-order valence-corrected chi connectivity index (χ4v) is 3.78. The summed E-state index contributed by atoms with van der Waals surface area (Å²) >= 11 is 0. The molecule has 30 heavy (non-hydrogen) atoms. The highest BCUT2D eigenvalue weighted by molar-refractivity contribution is 6.31. The molecule has 3 aromatic carbocycles. The van der Waals surface area contributed by atoms with E-state index in [1.54, 1.807) is 36.4 Å². The molecule has 0 amide bonds. The maximum Gasteiger partial charge on any atom is 0.196 e. The van der Waals surface area contributed by atoms with Crippen molar-refractivity contribution >= 4 is 28.6 Å². The second-order valence-electron chi connectivity index (χ2n) is 9.04. The van der Waals surface area contributed by atoms with Gasteiger partial charge in [0.05, 0.1) is 16.8 Å². The first-order valence-electron chi connectivity index (χ1n) is 10.2. The van der Waals surface area contributed by atoms with E-state index in [1.165, 1.54) is 5.56 Å². The Labute approximate surface area is 177 Å². The van der Waals surface area contributed by atoms with Crippen LogP contribution in [0.4, 0.5) is 17.1 Å². The fourth-order valence-electron chi connectivity index (χ4n) is 3.78. The third kappa shape index (κ3) is 3.73. The molecule has 0 saturated carbocycles. The van der Waals surface area contributed by atoms with Crippen molar-refractivity contribution in [1.29, 1.82) is 0 Å². The first kappa shape index (κ1) is 19.9. The molecule has 0 bridgehead atoms. The molecule has 3 N–H and O–H groups in total. The third-order valence-electron chi connectivity index (χ3n) is 5.50. The highest BCUT2D eigenvalue weighted by Crippen LogP contribution is 2.36. The van der Waals surface area contributed by atoms with E-state index in [1.807, 2.05) is 12.1 Å². The van der Waals surface area contributed by atoms with Crippen LogP contribution in [-0.2, 0) is 6.42 Å². The Kier molecular flexibility index (Phi) is 4.94. The number of carbonyl (C=O) groups is 2. The minimum absolute atomic E-state index is 0.184. The zero-order valence-electron chi connectivity index (χ0n) is 17.6. The molecule has 0 fully saturated rings. The first-order chi connectivity index (χ1) is 14.2. The van der Waals surface area contributed by atoms with E-state index in [-0.39, 0.29) is 17.1 Å². The Morgan fingerprint density at radius 2 is 1.40 bits per heavy atom. The summed E-state index contributed by atoms with van der Waals surface area (Å²) in [5.74, 6) is -0.393. The van der Waals surface area contributed by atoms with Crippen molar-refractivity contribution in [3.05, 3.63) is 88.5 Å². The van der Waals surface area contributed by atoms with Crippen LogP contribution in [0.15, 0.2) is 60.7 Å². The Morgan fingerprint density at radius 3 is 2.00 bits per heavy atom. The second kappa shape index (κ2) is 7.45. The number of ketones is 2. The molecule has 4 rings (SSSR count). The van der Waals surface area contributed by atoms with E-state index < -0.39 is 0 Å². The van der Waals surface area contributed by atoms with E-state index in [2.05, 4.69) is 38.2 Å². The van der Waals surface area contributed by atoms with Crippen LogP contribution in [0.25, 0.3) is 0 Å². The molecule has 0 unspecified atom stereocenters. The molecule has 4 nitrogen and oxygen atoms in total. The average molecular weight is 399 g/mol. The lowest BCUT2D eigenvalue weighted by molar-refractivity contribution is 0.0980. The number of carbonyl (C=O) groups excluding carboxylic acids is 2. The Balaban J connectivity index is 1.66. The van der Waals surface area contributed by atoms with E-state index in [4.69, 9.17) is 5.73 Å². The van der Waals surface area contributed by atoms with Crippen LogP contribution >= 0.6 is 0 Å². The number of rotatable bonds is 4. The van der Waals surface area contributed by atoms with Crippen LogP contribution in [0, 0.1) is 5.41 Å². The molecule has 0 heterocycles. The van der Waals surface area contributed by atoms with Crippen LogP contribution in [0.1, 0.15) is 64.6 Å². The predicted molar refractivity (Wildman–Crippen MR) is 122 cm³/mol. The summed E-state index contributed by atoms with van der Waals surface area (Å²) in [4.78, 5) is 26.2. The maximum absolute atomic E-state index is 13.2. The van der Waals surface area contributed by atoms with Crippen LogP contribution in [0.3, 0.4) is 0 Å². The summed E-state index contributed by atoms with van der Waals surface area (Å²) in [5.41, 5.74) is 10.9. The van der Waals surface area contributed by atoms with Crippen molar-refractivity contribution in [3.63, 3.8) is 0 Å². The van der Waals surface area contributed by atoms with Gasteiger partial charge >= 0.3 is 0 Å². The van der Waals surface area contributed by atoms with Gasteiger partial charge in [0.2, 0.25) is 0 Å². The average Bonchev–Trinajstić information content (AvgIpc) is 2.72. The predicted octanol–water partition coefficient (Wildman–Crippen LogP) is 5.77. The lowest BCUT2D eigenvalue weighted by Crippen LogP contribution is -2.23. The van der Waals surface area contributed by atoms with Crippen LogP contribution < -0.4 is 11.1 Å². The summed E-state index contributed by atoms with van der Waals surface area (Å²) in [7, 11) is 0. The van der Waals surface area contributed by atoms with Crippen molar-refractivity contribution < 1.29 is 9.59 Å². The summed E-state index contributed by atoms with van der Waals surface area (Å²) in [5, 5.41) is 3.31. The molecule has 0 spiro atoms. The lowest BCUT2D eigenvalue weighted by Gasteiger charge is -2.22. The van der Waals surface area contributed by atoms with Gasteiger partial charge in [0.15, 0.2) is 11.6 Å². The largest absolute Gasteiger partial charge is 0.398 e. The summed E-state index contributed by atoms with van der Waals surface area (Å²) in [6, 6.07) is 18.5. The SMILES string of the molecule is CC(C)(C)CCc1ccc(Nc2ccc(N)c3c2C(=O)c2ccccc2C3=O)cc1. The number of hydrogen-bond acceptors (Lipinski definition) is 4. The van der Waals surface area contributed by atoms with Crippen molar-refractivity contribution in [1.82, 2.24) is 0 Å². The molecule has 0 saturated heterocycles. The minimum Gasteiger partial charge on any atom is -0.398 e. The zero-order chi connectivity index (χ0) is 21.5. The van der Waals surface area contributed by atoms with Gasteiger partial charge in [-0.15, -0.1) is 0 Å². The van der Waals surface area contributed by atoms with Gasteiger partial charge < -0.3 is 11.1 Å². The summed E-state index contributed by atoms with van der Waals surface area (Å²) in [6.45, 7) is 6.72. The topological polar surface area (TPSA) is 72.2 Å². The fraction of sp³-hybridized carbons (Fsp3) is 0.231. The van der Waals surface area contributed by atoms with Gasteiger partial charge in [-0.05, 0) is 48.1 Å². The van der Waals surface area contributed by atoms with Crippen molar-refractivity contribution in [2.24, 2.45) is 5.41 Å². The van der Waals surface area contributed by atoms with Gasteiger partial charge in [0, 0.05) is 22.5 Å². The number of nitrogens with one attached hydrogen (secondary N) is 1. The van der Waals surface area contributed by atoms with Gasteiger partial charge in [-0.2, -0.15) is 0 Å². The lowest BCUT2D eigenvalue weighted by atomic mass is 9.82. The molecular formula is C26H26N2O2. The zero-order valence-corrected chi connectivity index (χ0v) is 17.6. The first-order valence-corrected chi connectivity index (χ1v) is 10.2. The number of hydrogen-bond donors (Lipinski definition) is 2. The van der Waals surface area contributed by atoms with Gasteiger partial charge in [-0.1, -0.05) is 57.2 Å². The molecule has 0 radical (unpaired) electrons. The normalized spacial score (nSPS) is 13.0. The maximum atomic E-state index is 13.2. The molecule has 3 aromatic rings. The van der Waals surface area contributed by atoms with Crippen molar-refractivity contribution in [2.75, 3.05) is 11.1 Å². The summed E-state index contributed by atoms with van der Waals surface area (Å²) < 4.78 is 0. The smallest absolute Gasteiger partial charge is 0.196 e. The number of anilines is 3. The molecule has 152 valence electrons. The van der Waals surface area contributed by atoms with Gasteiger partial charge in [-0.25, -0.2) is 0 Å². The Morgan fingerprint density at radius 1 is 0.800 bits per heavy atom. The van der Waals surface area contributed by atoms with E-state index in [0.717, 1.165) is 18.5 Å². The van der Waals surface area contributed by atoms with Crippen LogP contribution in [0.5, 0.6) is 0 Å². The Hall–Kier alpha value is -3.40. The number of nitrogen functional groups attached to an aromatic ring is 1. The monoisotopic (exact) mass is 398 g/mol. The molecule has 0 aromatic heterocycles. The van der Waals surface area contributed by atoms with Crippen molar-refractivity contribution in [3.8, 4) is 0 Å². The van der Waals surface area contributed by atoms with E-state index in [9.17, 15) is 9.59 Å². The number of nitrogens with two attached hydrogens (primary N) is 1. The van der Waals surface area contributed by atoms with E-state index in [0.29, 0.717) is 33.5 Å². The highest BCUT2D eigenvalue weighted by Gasteiger charge is 2.33. The number of aryl methyl sites for hydroxylation is 1.